The van der Waals surface area contributed by atoms with Gasteiger partial charge in [0.25, 0.3) is 5.91 Å². The van der Waals surface area contributed by atoms with Crippen LogP contribution >= 0.6 is 11.6 Å². The van der Waals surface area contributed by atoms with Crippen molar-refractivity contribution < 1.29 is 14.3 Å². The molecule has 0 bridgehead atoms. The number of hydrogen-bond donors (Lipinski definition) is 1. The lowest BCUT2D eigenvalue weighted by molar-refractivity contribution is -0.143. The lowest BCUT2D eigenvalue weighted by atomic mass is 9.86. The molecule has 3 aromatic carbocycles. The minimum atomic E-state index is -0.712. The largest absolute Gasteiger partial charge is 0.483 e. The Balaban J connectivity index is 1.94. The van der Waals surface area contributed by atoms with Crippen LogP contribution in [0.4, 0.5) is 0 Å². The highest BCUT2D eigenvalue weighted by atomic mass is 35.5. The van der Waals surface area contributed by atoms with Gasteiger partial charge in [-0.1, -0.05) is 100.0 Å². The Morgan fingerprint density at radius 3 is 2.18 bits per heavy atom. The van der Waals surface area contributed by atoms with Crippen molar-refractivity contribution in [3.63, 3.8) is 0 Å². The number of hydrogen-bond acceptors (Lipinski definition) is 3. The number of rotatable bonds is 11. The molecule has 0 aliphatic heterocycles. The topological polar surface area (TPSA) is 58.6 Å². The van der Waals surface area contributed by atoms with Gasteiger partial charge in [-0.2, -0.15) is 0 Å². The maximum atomic E-state index is 13.8. The van der Waals surface area contributed by atoms with Crippen molar-refractivity contribution in [1.29, 1.82) is 0 Å². The Labute approximate surface area is 232 Å². The number of halogens is 1. The second-order valence-corrected chi connectivity index (χ2v) is 11.1. The van der Waals surface area contributed by atoms with Gasteiger partial charge in [-0.05, 0) is 53.6 Å². The molecule has 5 nitrogen and oxygen atoms in total. The first-order valence-electron chi connectivity index (χ1n) is 13.2. The third-order valence-electron chi connectivity index (χ3n) is 6.58. The molecule has 0 heterocycles. The van der Waals surface area contributed by atoms with E-state index in [-0.39, 0.29) is 36.4 Å². The van der Waals surface area contributed by atoms with Crippen LogP contribution < -0.4 is 10.1 Å². The Morgan fingerprint density at radius 1 is 0.921 bits per heavy atom. The van der Waals surface area contributed by atoms with Crippen molar-refractivity contribution in [3.05, 3.63) is 101 Å². The zero-order valence-corrected chi connectivity index (χ0v) is 23.8. The predicted octanol–water partition coefficient (Wildman–Crippen LogP) is 6.57. The van der Waals surface area contributed by atoms with E-state index >= 15 is 0 Å². The maximum Gasteiger partial charge on any atom is 0.261 e. The number of benzene rings is 3. The fourth-order valence-corrected chi connectivity index (χ4v) is 4.34. The van der Waals surface area contributed by atoms with Crippen molar-refractivity contribution in [3.8, 4) is 5.75 Å². The zero-order chi connectivity index (χ0) is 27.7. The van der Waals surface area contributed by atoms with Crippen molar-refractivity contribution >= 4 is 23.4 Å². The van der Waals surface area contributed by atoms with E-state index < -0.39 is 6.04 Å². The molecule has 0 aromatic heterocycles. The van der Waals surface area contributed by atoms with Gasteiger partial charge in [-0.3, -0.25) is 9.59 Å². The first-order chi connectivity index (χ1) is 18.1. The summed E-state index contributed by atoms with van der Waals surface area (Å²) in [5, 5.41) is 3.70. The van der Waals surface area contributed by atoms with Gasteiger partial charge in [-0.25, -0.2) is 0 Å². The molecule has 3 rings (SSSR count). The quantitative estimate of drug-likeness (QED) is 0.302. The summed E-state index contributed by atoms with van der Waals surface area (Å²) in [5.41, 5.74) is 2.73. The molecular weight excluding hydrogens is 496 g/mol. The van der Waals surface area contributed by atoms with Crippen LogP contribution in [0.1, 0.15) is 57.7 Å². The molecule has 0 aliphatic carbocycles. The summed E-state index contributed by atoms with van der Waals surface area (Å²) in [5.74, 6) is 0.230. The van der Waals surface area contributed by atoms with E-state index in [0.717, 1.165) is 23.1 Å². The number of nitrogens with zero attached hydrogens (tertiary/aromatic N) is 1. The van der Waals surface area contributed by atoms with Crippen LogP contribution in [0.5, 0.6) is 5.75 Å². The maximum absolute atomic E-state index is 13.8. The molecule has 0 spiro atoms. The minimum absolute atomic E-state index is 0.0110. The number of ether oxygens (including phenoxy) is 1. The Bertz CT molecular complexity index is 1190. The van der Waals surface area contributed by atoms with E-state index in [9.17, 15) is 9.59 Å². The van der Waals surface area contributed by atoms with Crippen LogP contribution in [0.3, 0.4) is 0 Å². The van der Waals surface area contributed by atoms with Crippen molar-refractivity contribution in [2.24, 2.45) is 0 Å². The molecule has 38 heavy (non-hydrogen) atoms. The van der Waals surface area contributed by atoms with Gasteiger partial charge in [0.15, 0.2) is 6.61 Å². The third kappa shape index (κ3) is 8.35. The average molecular weight is 535 g/mol. The number of para-hydroxylation sites is 1. The number of nitrogens with one attached hydrogen (secondary N) is 1. The highest BCUT2D eigenvalue weighted by molar-refractivity contribution is 6.30. The van der Waals surface area contributed by atoms with Crippen LogP contribution in [0.15, 0.2) is 78.9 Å². The number of carbonyl (C=O) groups is 2. The molecule has 2 amide bonds. The number of amides is 2. The van der Waals surface area contributed by atoms with E-state index in [4.69, 9.17) is 16.3 Å². The highest BCUT2D eigenvalue weighted by Crippen LogP contribution is 2.31. The minimum Gasteiger partial charge on any atom is -0.483 e. The molecule has 6 heteroatoms. The second kappa shape index (κ2) is 13.5. The molecule has 0 aliphatic rings. The molecule has 2 atom stereocenters. The SMILES string of the molecule is CC[C@@H](C)NC(=O)[C@H](Cc1ccccc1)N(Cc1ccc(Cl)cc1)C(=O)COc1ccccc1C(C)(C)C. The van der Waals surface area contributed by atoms with Crippen LogP contribution in [0, 0.1) is 0 Å². The van der Waals surface area contributed by atoms with Gasteiger partial charge < -0.3 is 15.0 Å². The van der Waals surface area contributed by atoms with Crippen molar-refractivity contribution in [2.75, 3.05) is 6.61 Å². The average Bonchev–Trinajstić information content (AvgIpc) is 2.90. The predicted molar refractivity (Wildman–Crippen MR) is 154 cm³/mol. The summed E-state index contributed by atoms with van der Waals surface area (Å²) < 4.78 is 6.10. The van der Waals surface area contributed by atoms with Gasteiger partial charge in [0.1, 0.15) is 11.8 Å². The summed E-state index contributed by atoms with van der Waals surface area (Å²) in [6.45, 7) is 10.4. The van der Waals surface area contributed by atoms with Gasteiger partial charge in [0, 0.05) is 24.0 Å². The summed E-state index contributed by atoms with van der Waals surface area (Å²) in [7, 11) is 0. The monoisotopic (exact) mass is 534 g/mol. The standard InChI is InChI=1S/C32H39ClN2O3/c1-6-23(2)34-31(37)28(20-24-12-8-7-9-13-24)35(21-25-16-18-26(33)19-17-25)30(36)22-38-29-15-11-10-14-27(29)32(3,4)5/h7-19,23,28H,6,20-22H2,1-5H3,(H,34,37)/t23-,28+/m1/s1. The zero-order valence-electron chi connectivity index (χ0n) is 23.0. The summed E-state index contributed by atoms with van der Waals surface area (Å²) in [4.78, 5) is 29.1. The van der Waals surface area contributed by atoms with E-state index in [1.165, 1.54) is 0 Å². The van der Waals surface area contributed by atoms with E-state index in [1.807, 2.05) is 80.6 Å². The Kier molecular flexibility index (Phi) is 10.4. The molecular formula is C32H39ClN2O3. The molecule has 0 saturated heterocycles. The molecule has 0 saturated carbocycles. The summed E-state index contributed by atoms with van der Waals surface area (Å²) >= 11 is 6.11. The molecule has 3 aromatic rings. The fraction of sp³-hybridized carbons (Fsp3) is 0.375. The van der Waals surface area contributed by atoms with Crippen molar-refractivity contribution in [2.45, 2.75) is 71.5 Å². The number of carbonyl (C=O) groups excluding carboxylic acids is 2. The van der Waals surface area contributed by atoms with E-state index in [2.05, 4.69) is 26.1 Å². The molecule has 0 fully saturated rings. The highest BCUT2D eigenvalue weighted by Gasteiger charge is 2.31. The Morgan fingerprint density at radius 2 is 1.55 bits per heavy atom. The molecule has 1 N–H and O–H groups in total. The van der Waals surface area contributed by atoms with Crippen LogP contribution in [0.2, 0.25) is 5.02 Å². The normalized spacial score (nSPS) is 12.9. The lowest BCUT2D eigenvalue weighted by Crippen LogP contribution is -2.53. The van der Waals surface area contributed by atoms with Gasteiger partial charge in [0.05, 0.1) is 0 Å². The summed E-state index contributed by atoms with van der Waals surface area (Å²) in [6.07, 6.45) is 1.18. The lowest BCUT2D eigenvalue weighted by Gasteiger charge is -2.32. The third-order valence-corrected chi connectivity index (χ3v) is 6.84. The molecule has 202 valence electrons. The summed E-state index contributed by atoms with van der Waals surface area (Å²) in [6, 6.07) is 24.2. The molecule has 0 unspecified atom stereocenters. The Hall–Kier alpha value is -3.31. The fourth-order valence-electron chi connectivity index (χ4n) is 4.22. The first kappa shape index (κ1) is 29.2. The first-order valence-corrected chi connectivity index (χ1v) is 13.6. The van der Waals surface area contributed by atoms with Gasteiger partial charge in [0.2, 0.25) is 5.91 Å². The van der Waals surface area contributed by atoms with Gasteiger partial charge >= 0.3 is 0 Å². The second-order valence-electron chi connectivity index (χ2n) is 10.7. The molecule has 0 radical (unpaired) electrons. The van der Waals surface area contributed by atoms with E-state index in [0.29, 0.717) is 17.2 Å². The van der Waals surface area contributed by atoms with Gasteiger partial charge in [-0.15, -0.1) is 0 Å². The van der Waals surface area contributed by atoms with Crippen LogP contribution in [-0.2, 0) is 28.0 Å². The van der Waals surface area contributed by atoms with Crippen LogP contribution in [-0.4, -0.2) is 35.4 Å². The van der Waals surface area contributed by atoms with Crippen molar-refractivity contribution in [1.82, 2.24) is 10.2 Å². The van der Waals surface area contributed by atoms with Crippen LogP contribution in [0.25, 0.3) is 0 Å². The smallest absolute Gasteiger partial charge is 0.261 e. The van der Waals surface area contributed by atoms with E-state index in [1.54, 1.807) is 17.0 Å².